The third-order valence-electron chi connectivity index (χ3n) is 2.00. The maximum absolute atomic E-state index is 12.4. The molecule has 0 aliphatic carbocycles. The summed E-state index contributed by atoms with van der Waals surface area (Å²) in [5.41, 5.74) is -1.99. The molecule has 1 aromatic carbocycles. The van der Waals surface area contributed by atoms with Crippen LogP contribution in [-0.4, -0.2) is 22.2 Å². The zero-order valence-corrected chi connectivity index (χ0v) is 9.80. The first-order valence-corrected chi connectivity index (χ1v) is 5.43. The Labute approximate surface area is 102 Å². The summed E-state index contributed by atoms with van der Waals surface area (Å²) < 4.78 is 37.1. The molecule has 0 unspecified atom stereocenters. The van der Waals surface area contributed by atoms with E-state index in [1.54, 1.807) is 0 Å². The first-order valence-electron chi connectivity index (χ1n) is 4.31. The lowest BCUT2D eigenvalue weighted by molar-refractivity contribution is -0.137. The second-order valence-electron chi connectivity index (χ2n) is 3.12. The number of rotatable bonds is 3. The Balaban J connectivity index is 3.37. The summed E-state index contributed by atoms with van der Waals surface area (Å²) in [5.74, 6) is -2.16. The van der Waals surface area contributed by atoms with Gasteiger partial charge >= 0.3 is 12.1 Å². The van der Waals surface area contributed by atoms with Crippen LogP contribution in [0.25, 0.3) is 0 Å². The van der Waals surface area contributed by atoms with E-state index >= 15 is 0 Å². The van der Waals surface area contributed by atoms with Crippen LogP contribution in [0.4, 0.5) is 13.2 Å². The molecule has 0 saturated carbocycles. The quantitative estimate of drug-likeness (QED) is 0.690. The van der Waals surface area contributed by atoms with Gasteiger partial charge < -0.3 is 5.11 Å². The number of carbonyl (C=O) groups is 2. The Morgan fingerprint density at radius 2 is 1.82 bits per heavy atom. The van der Waals surface area contributed by atoms with Crippen LogP contribution in [0.1, 0.15) is 26.3 Å². The first kappa shape index (κ1) is 13.7. The fourth-order valence-electron chi connectivity index (χ4n) is 1.21. The Morgan fingerprint density at radius 3 is 2.24 bits per heavy atom. The molecule has 3 nitrogen and oxygen atoms in total. The van der Waals surface area contributed by atoms with Crippen molar-refractivity contribution < 1.29 is 27.9 Å². The zero-order chi connectivity index (χ0) is 13.2. The number of ketones is 1. The molecule has 0 radical (unpaired) electrons. The molecule has 0 aliphatic rings. The number of carbonyl (C=O) groups excluding carboxylic acids is 1. The van der Waals surface area contributed by atoms with Gasteiger partial charge in [0.15, 0.2) is 5.78 Å². The van der Waals surface area contributed by atoms with Crippen LogP contribution in [0.15, 0.2) is 18.2 Å². The van der Waals surface area contributed by atoms with Gasteiger partial charge in [-0.15, -0.1) is 0 Å². The molecule has 0 aliphatic heterocycles. The molecule has 17 heavy (non-hydrogen) atoms. The van der Waals surface area contributed by atoms with Crippen molar-refractivity contribution in [3.8, 4) is 0 Å². The lowest BCUT2D eigenvalue weighted by Gasteiger charge is -2.09. The number of halogens is 4. The van der Waals surface area contributed by atoms with E-state index in [9.17, 15) is 22.8 Å². The standard InChI is InChI=1S/C10H6BrF3O3/c11-4-8(15)6-2-1-5(10(12,13)14)3-7(6)9(16)17/h1-3H,4H2,(H,16,17). The average molecular weight is 311 g/mol. The van der Waals surface area contributed by atoms with Gasteiger partial charge in [-0.3, -0.25) is 4.79 Å². The summed E-state index contributed by atoms with van der Waals surface area (Å²) in [6.45, 7) is 0. The van der Waals surface area contributed by atoms with E-state index in [2.05, 4.69) is 15.9 Å². The number of carboxylic acid groups (broad SMARTS) is 1. The van der Waals surface area contributed by atoms with E-state index in [1.165, 1.54) is 0 Å². The minimum atomic E-state index is -4.64. The third kappa shape index (κ3) is 3.06. The number of hydrogen-bond donors (Lipinski definition) is 1. The molecule has 7 heteroatoms. The molecule has 1 N–H and O–H groups in total. The molecule has 1 rings (SSSR count). The Morgan fingerprint density at radius 1 is 1.24 bits per heavy atom. The van der Waals surface area contributed by atoms with Crippen LogP contribution in [0.5, 0.6) is 0 Å². The maximum atomic E-state index is 12.4. The lowest BCUT2D eigenvalue weighted by Crippen LogP contribution is -2.13. The summed E-state index contributed by atoms with van der Waals surface area (Å²) in [5, 5.41) is 8.61. The first-order chi connectivity index (χ1) is 7.77. The molecule has 0 spiro atoms. The second kappa shape index (κ2) is 4.87. The molecule has 0 fully saturated rings. The predicted molar refractivity (Wildman–Crippen MR) is 56.5 cm³/mol. The summed E-state index contributed by atoms with van der Waals surface area (Å²) >= 11 is 2.83. The molecule has 0 amide bonds. The van der Waals surface area contributed by atoms with Crippen LogP contribution in [0.2, 0.25) is 0 Å². The Hall–Kier alpha value is -1.37. The fraction of sp³-hybridized carbons (Fsp3) is 0.200. The minimum Gasteiger partial charge on any atom is -0.478 e. The van der Waals surface area contributed by atoms with Crippen molar-refractivity contribution >= 4 is 27.7 Å². The van der Waals surface area contributed by atoms with Crippen molar-refractivity contribution in [1.29, 1.82) is 0 Å². The number of alkyl halides is 4. The molecule has 0 bridgehead atoms. The van der Waals surface area contributed by atoms with Crippen LogP contribution in [0, 0.1) is 0 Å². The molecule has 0 aromatic heterocycles. The van der Waals surface area contributed by atoms with E-state index < -0.39 is 29.1 Å². The number of hydrogen-bond acceptors (Lipinski definition) is 2. The van der Waals surface area contributed by atoms with E-state index in [0.29, 0.717) is 12.1 Å². The Kier molecular flexibility index (Phi) is 3.92. The summed E-state index contributed by atoms with van der Waals surface area (Å²) in [4.78, 5) is 22.1. The van der Waals surface area contributed by atoms with E-state index in [4.69, 9.17) is 5.11 Å². The SMILES string of the molecule is O=C(O)c1cc(C(F)(F)F)ccc1C(=O)CBr. The number of aromatic carboxylic acids is 1. The molecular formula is C10H6BrF3O3. The Bertz CT molecular complexity index is 468. The highest BCUT2D eigenvalue weighted by atomic mass is 79.9. The molecule has 0 saturated heterocycles. The maximum Gasteiger partial charge on any atom is 0.416 e. The highest BCUT2D eigenvalue weighted by molar-refractivity contribution is 9.09. The van der Waals surface area contributed by atoms with E-state index in [1.807, 2.05) is 0 Å². The minimum absolute atomic E-state index is 0.154. The van der Waals surface area contributed by atoms with Gasteiger partial charge in [0.1, 0.15) is 0 Å². The predicted octanol–water partition coefficient (Wildman–Crippen LogP) is 2.98. The molecule has 0 heterocycles. The highest BCUT2D eigenvalue weighted by Crippen LogP contribution is 2.30. The number of carboxylic acids is 1. The van der Waals surface area contributed by atoms with Gasteiger partial charge in [0.2, 0.25) is 0 Å². The van der Waals surface area contributed by atoms with Crippen molar-refractivity contribution in [2.45, 2.75) is 6.18 Å². The van der Waals surface area contributed by atoms with Gasteiger partial charge in [-0.1, -0.05) is 15.9 Å². The van der Waals surface area contributed by atoms with Gasteiger partial charge in [-0.05, 0) is 18.2 Å². The van der Waals surface area contributed by atoms with Crippen molar-refractivity contribution in [1.82, 2.24) is 0 Å². The van der Waals surface area contributed by atoms with Gasteiger partial charge in [0.25, 0.3) is 0 Å². The second-order valence-corrected chi connectivity index (χ2v) is 3.68. The van der Waals surface area contributed by atoms with Crippen LogP contribution in [0.3, 0.4) is 0 Å². The normalized spacial score (nSPS) is 11.3. The molecule has 0 atom stereocenters. The van der Waals surface area contributed by atoms with Crippen molar-refractivity contribution in [3.63, 3.8) is 0 Å². The largest absolute Gasteiger partial charge is 0.478 e. The van der Waals surface area contributed by atoms with Gasteiger partial charge in [0, 0.05) is 5.56 Å². The number of benzene rings is 1. The molecular weight excluding hydrogens is 305 g/mol. The summed E-state index contributed by atoms with van der Waals surface area (Å²) in [7, 11) is 0. The van der Waals surface area contributed by atoms with Crippen LogP contribution >= 0.6 is 15.9 Å². The zero-order valence-electron chi connectivity index (χ0n) is 8.21. The molecule has 92 valence electrons. The van der Waals surface area contributed by atoms with Crippen molar-refractivity contribution in [2.24, 2.45) is 0 Å². The van der Waals surface area contributed by atoms with E-state index in [-0.39, 0.29) is 10.9 Å². The monoisotopic (exact) mass is 310 g/mol. The molecule has 1 aromatic rings. The van der Waals surface area contributed by atoms with Crippen LogP contribution in [-0.2, 0) is 6.18 Å². The van der Waals surface area contributed by atoms with Crippen molar-refractivity contribution in [3.05, 3.63) is 34.9 Å². The van der Waals surface area contributed by atoms with E-state index in [0.717, 1.165) is 6.07 Å². The van der Waals surface area contributed by atoms with Gasteiger partial charge in [0.05, 0.1) is 16.5 Å². The van der Waals surface area contributed by atoms with Crippen molar-refractivity contribution in [2.75, 3.05) is 5.33 Å². The number of Topliss-reactive ketones (excluding diaryl/α,β-unsaturated/α-hetero) is 1. The average Bonchev–Trinajstić information content (AvgIpc) is 2.25. The third-order valence-corrected chi connectivity index (χ3v) is 2.51. The van der Waals surface area contributed by atoms with Gasteiger partial charge in [-0.25, -0.2) is 4.79 Å². The lowest BCUT2D eigenvalue weighted by atomic mass is 10.0. The summed E-state index contributed by atoms with van der Waals surface area (Å²) in [6, 6.07) is 2.01. The highest BCUT2D eigenvalue weighted by Gasteiger charge is 2.32. The smallest absolute Gasteiger partial charge is 0.416 e. The van der Waals surface area contributed by atoms with Gasteiger partial charge in [-0.2, -0.15) is 13.2 Å². The van der Waals surface area contributed by atoms with Crippen LogP contribution < -0.4 is 0 Å². The topological polar surface area (TPSA) is 54.4 Å². The fourth-order valence-corrected chi connectivity index (χ4v) is 1.51. The summed E-state index contributed by atoms with van der Waals surface area (Å²) in [6.07, 6.45) is -4.64.